The number of hydrogen-bond donors (Lipinski definition) is 2. The van der Waals surface area contributed by atoms with Gasteiger partial charge in [-0.15, -0.1) is 0 Å². The average Bonchev–Trinajstić information content (AvgIpc) is 2.59. The van der Waals surface area contributed by atoms with E-state index in [0.29, 0.717) is 6.42 Å². The number of sulfonamides is 1. The smallest absolute Gasteiger partial charge is 0.338 e. The minimum Gasteiger partial charge on any atom is -0.452 e. The van der Waals surface area contributed by atoms with Crippen molar-refractivity contribution in [3.8, 4) is 0 Å². The SMILES string of the molecule is CC[C@@H](C)NS(=O)(=O)c1ccc(C(=O)OCC(=O)N[C@@H](C)CC)cc1. The van der Waals surface area contributed by atoms with Gasteiger partial charge in [0, 0.05) is 12.1 Å². The summed E-state index contributed by atoms with van der Waals surface area (Å²) in [5, 5.41) is 2.69. The Balaban J connectivity index is 2.67. The van der Waals surface area contributed by atoms with E-state index >= 15 is 0 Å². The second-order valence-electron chi connectivity index (χ2n) is 5.91. The van der Waals surface area contributed by atoms with E-state index in [2.05, 4.69) is 10.0 Å². The molecule has 0 bridgehead atoms. The maximum atomic E-state index is 12.1. The van der Waals surface area contributed by atoms with Gasteiger partial charge in [0.1, 0.15) is 0 Å². The summed E-state index contributed by atoms with van der Waals surface area (Å²) in [7, 11) is -3.62. The highest BCUT2D eigenvalue weighted by Crippen LogP contribution is 2.12. The molecule has 0 saturated carbocycles. The number of rotatable bonds is 9. The van der Waals surface area contributed by atoms with E-state index in [1.54, 1.807) is 6.92 Å². The average molecular weight is 370 g/mol. The van der Waals surface area contributed by atoms with Crippen LogP contribution in [0.15, 0.2) is 29.2 Å². The van der Waals surface area contributed by atoms with Crippen molar-refractivity contribution in [2.24, 2.45) is 0 Å². The molecule has 0 heterocycles. The van der Waals surface area contributed by atoms with E-state index in [4.69, 9.17) is 4.74 Å². The third-order valence-corrected chi connectivity index (χ3v) is 5.33. The van der Waals surface area contributed by atoms with E-state index in [1.807, 2.05) is 20.8 Å². The van der Waals surface area contributed by atoms with Crippen molar-refractivity contribution in [1.29, 1.82) is 0 Å². The maximum absolute atomic E-state index is 12.1. The lowest BCUT2D eigenvalue weighted by molar-refractivity contribution is -0.124. The lowest BCUT2D eigenvalue weighted by Gasteiger charge is -2.13. The number of nitrogens with one attached hydrogen (secondary N) is 2. The predicted molar refractivity (Wildman–Crippen MR) is 94.7 cm³/mol. The summed E-state index contributed by atoms with van der Waals surface area (Å²) in [4.78, 5) is 23.6. The first kappa shape index (κ1) is 21.1. The molecule has 140 valence electrons. The zero-order valence-corrected chi connectivity index (χ0v) is 15.9. The highest BCUT2D eigenvalue weighted by atomic mass is 32.2. The molecule has 0 saturated heterocycles. The molecule has 0 radical (unpaired) electrons. The predicted octanol–water partition coefficient (Wildman–Crippen LogP) is 1.83. The standard InChI is InChI=1S/C17H26N2O5S/c1-5-12(3)18-16(20)11-24-17(21)14-7-9-15(10-8-14)25(22,23)19-13(4)6-2/h7-10,12-13,19H,5-6,11H2,1-4H3,(H,18,20)/t12-,13+/m0/s1. The molecule has 1 aromatic rings. The van der Waals surface area contributed by atoms with Gasteiger partial charge in [0.2, 0.25) is 10.0 Å². The molecule has 0 aliphatic rings. The molecular weight excluding hydrogens is 344 g/mol. The monoisotopic (exact) mass is 370 g/mol. The Bertz CT molecular complexity index is 685. The number of ether oxygens (including phenoxy) is 1. The highest BCUT2D eigenvalue weighted by molar-refractivity contribution is 7.89. The van der Waals surface area contributed by atoms with Crippen LogP contribution in [0.5, 0.6) is 0 Å². The quantitative estimate of drug-likeness (QED) is 0.646. The summed E-state index contributed by atoms with van der Waals surface area (Å²) in [5.41, 5.74) is 0.179. The molecule has 2 atom stereocenters. The number of carbonyl (C=O) groups is 2. The summed E-state index contributed by atoms with van der Waals surface area (Å²) >= 11 is 0. The molecule has 1 aromatic carbocycles. The molecule has 1 amide bonds. The number of hydrogen-bond acceptors (Lipinski definition) is 5. The van der Waals surface area contributed by atoms with E-state index in [9.17, 15) is 18.0 Å². The van der Waals surface area contributed by atoms with Gasteiger partial charge in [-0.3, -0.25) is 4.79 Å². The highest BCUT2D eigenvalue weighted by Gasteiger charge is 2.18. The number of carbonyl (C=O) groups excluding carboxylic acids is 2. The first-order valence-corrected chi connectivity index (χ1v) is 9.76. The summed E-state index contributed by atoms with van der Waals surface area (Å²) in [5.74, 6) is -1.06. The molecule has 0 aliphatic carbocycles. The lowest BCUT2D eigenvalue weighted by atomic mass is 10.2. The molecule has 0 aliphatic heterocycles. The van der Waals surface area contributed by atoms with E-state index in [-0.39, 0.29) is 35.1 Å². The van der Waals surface area contributed by atoms with Gasteiger partial charge >= 0.3 is 5.97 Å². The number of amides is 1. The van der Waals surface area contributed by atoms with Crippen LogP contribution in [0.1, 0.15) is 50.9 Å². The van der Waals surface area contributed by atoms with Gasteiger partial charge in [-0.25, -0.2) is 17.9 Å². The Morgan fingerprint density at radius 3 is 2.12 bits per heavy atom. The van der Waals surface area contributed by atoms with Crippen LogP contribution in [0, 0.1) is 0 Å². The van der Waals surface area contributed by atoms with Crippen LogP contribution in [0.25, 0.3) is 0 Å². The van der Waals surface area contributed by atoms with Crippen LogP contribution in [0.4, 0.5) is 0 Å². The number of benzene rings is 1. The summed E-state index contributed by atoms with van der Waals surface area (Å²) in [6.45, 7) is 7.06. The zero-order chi connectivity index (χ0) is 19.0. The first-order valence-electron chi connectivity index (χ1n) is 8.28. The molecular formula is C17H26N2O5S. The molecule has 0 aromatic heterocycles. The Morgan fingerprint density at radius 1 is 1.04 bits per heavy atom. The molecule has 25 heavy (non-hydrogen) atoms. The number of esters is 1. The first-order chi connectivity index (χ1) is 11.7. The van der Waals surface area contributed by atoms with Gasteiger partial charge in [-0.1, -0.05) is 13.8 Å². The second kappa shape index (κ2) is 9.53. The molecule has 0 spiro atoms. The Labute approximate surface area is 149 Å². The lowest BCUT2D eigenvalue weighted by Crippen LogP contribution is -2.35. The van der Waals surface area contributed by atoms with Gasteiger partial charge in [-0.2, -0.15) is 0 Å². The third-order valence-electron chi connectivity index (χ3n) is 3.72. The fourth-order valence-electron chi connectivity index (χ4n) is 1.82. The van der Waals surface area contributed by atoms with Gasteiger partial charge in [-0.05, 0) is 51.0 Å². The van der Waals surface area contributed by atoms with Crippen LogP contribution in [-0.4, -0.2) is 39.0 Å². The van der Waals surface area contributed by atoms with Crippen molar-refractivity contribution in [3.63, 3.8) is 0 Å². The van der Waals surface area contributed by atoms with Gasteiger partial charge in [0.15, 0.2) is 6.61 Å². The minimum atomic E-state index is -3.62. The van der Waals surface area contributed by atoms with E-state index in [0.717, 1.165) is 6.42 Å². The Morgan fingerprint density at radius 2 is 1.60 bits per heavy atom. The van der Waals surface area contributed by atoms with Crippen LogP contribution in [-0.2, 0) is 19.6 Å². The largest absolute Gasteiger partial charge is 0.452 e. The molecule has 2 N–H and O–H groups in total. The fraction of sp³-hybridized carbons (Fsp3) is 0.529. The van der Waals surface area contributed by atoms with Crippen molar-refractivity contribution < 1.29 is 22.7 Å². The molecule has 1 rings (SSSR count). The van der Waals surface area contributed by atoms with Crippen molar-refractivity contribution in [3.05, 3.63) is 29.8 Å². The minimum absolute atomic E-state index is 0.00806. The van der Waals surface area contributed by atoms with Crippen LogP contribution >= 0.6 is 0 Å². The Hall–Kier alpha value is -1.93. The van der Waals surface area contributed by atoms with Crippen molar-refractivity contribution in [2.45, 2.75) is 57.5 Å². The maximum Gasteiger partial charge on any atom is 0.338 e. The second-order valence-corrected chi connectivity index (χ2v) is 7.62. The van der Waals surface area contributed by atoms with E-state index in [1.165, 1.54) is 24.3 Å². The van der Waals surface area contributed by atoms with Gasteiger partial charge < -0.3 is 10.1 Å². The topological polar surface area (TPSA) is 102 Å². The van der Waals surface area contributed by atoms with Crippen molar-refractivity contribution >= 4 is 21.9 Å². The third kappa shape index (κ3) is 6.83. The van der Waals surface area contributed by atoms with Gasteiger partial charge in [0.05, 0.1) is 10.5 Å². The van der Waals surface area contributed by atoms with Crippen molar-refractivity contribution in [1.82, 2.24) is 10.0 Å². The molecule has 8 heteroatoms. The van der Waals surface area contributed by atoms with Crippen LogP contribution < -0.4 is 10.0 Å². The van der Waals surface area contributed by atoms with Gasteiger partial charge in [0.25, 0.3) is 5.91 Å². The van der Waals surface area contributed by atoms with E-state index < -0.39 is 16.0 Å². The Kier molecular flexibility index (Phi) is 8.05. The van der Waals surface area contributed by atoms with Crippen LogP contribution in [0.2, 0.25) is 0 Å². The molecule has 0 unspecified atom stereocenters. The molecule has 7 nitrogen and oxygen atoms in total. The summed E-state index contributed by atoms with van der Waals surface area (Å²) < 4.78 is 31.8. The summed E-state index contributed by atoms with van der Waals surface area (Å²) in [6.07, 6.45) is 1.45. The van der Waals surface area contributed by atoms with Crippen LogP contribution in [0.3, 0.4) is 0 Å². The molecule has 0 fully saturated rings. The summed E-state index contributed by atoms with van der Waals surface area (Å²) in [6, 6.07) is 5.22. The fourth-order valence-corrected chi connectivity index (χ4v) is 3.15. The zero-order valence-electron chi connectivity index (χ0n) is 15.0. The normalized spacial score (nSPS) is 13.8. The van der Waals surface area contributed by atoms with Crippen molar-refractivity contribution in [2.75, 3.05) is 6.61 Å².